The molecule has 1 aliphatic rings. The Morgan fingerprint density at radius 2 is 1.80 bits per heavy atom. The average molecular weight is 296 g/mol. The molecule has 1 fully saturated rings. The SMILES string of the molecule is CCC1CCN(S(=O)(=O)c2ccc(C(C)N)cc2)CC1. The normalized spacial score (nSPS) is 19.9. The fourth-order valence-electron chi connectivity index (χ4n) is 2.65. The molecule has 0 aromatic heterocycles. The molecule has 1 aromatic carbocycles. The van der Waals surface area contributed by atoms with E-state index < -0.39 is 10.0 Å². The molecule has 20 heavy (non-hydrogen) atoms. The summed E-state index contributed by atoms with van der Waals surface area (Å²) in [5.74, 6) is 0.668. The first-order valence-corrected chi connectivity index (χ1v) is 8.75. The van der Waals surface area contributed by atoms with Gasteiger partial charge in [-0.05, 0) is 43.4 Å². The third-order valence-corrected chi connectivity index (χ3v) is 6.11. The summed E-state index contributed by atoms with van der Waals surface area (Å²) in [6.07, 6.45) is 3.07. The minimum absolute atomic E-state index is 0.0768. The van der Waals surface area contributed by atoms with Crippen LogP contribution in [-0.4, -0.2) is 25.8 Å². The number of nitrogens with two attached hydrogens (primary N) is 1. The first-order valence-electron chi connectivity index (χ1n) is 7.31. The average Bonchev–Trinajstić information content (AvgIpc) is 2.47. The molecule has 0 saturated carbocycles. The molecule has 0 amide bonds. The van der Waals surface area contributed by atoms with Crippen LogP contribution < -0.4 is 5.73 Å². The summed E-state index contributed by atoms with van der Waals surface area (Å²) in [4.78, 5) is 0.372. The second kappa shape index (κ2) is 6.24. The van der Waals surface area contributed by atoms with Gasteiger partial charge in [0.2, 0.25) is 10.0 Å². The van der Waals surface area contributed by atoms with E-state index in [9.17, 15) is 8.42 Å². The summed E-state index contributed by atoms with van der Waals surface area (Å²) >= 11 is 0. The van der Waals surface area contributed by atoms with Crippen molar-refractivity contribution in [2.24, 2.45) is 11.7 Å². The Kier molecular flexibility index (Phi) is 4.83. The van der Waals surface area contributed by atoms with Crippen molar-refractivity contribution in [3.05, 3.63) is 29.8 Å². The van der Waals surface area contributed by atoms with Crippen molar-refractivity contribution in [3.8, 4) is 0 Å². The molecule has 112 valence electrons. The highest BCUT2D eigenvalue weighted by Gasteiger charge is 2.28. The predicted octanol–water partition coefficient (Wildman–Crippen LogP) is 2.52. The molecule has 1 unspecified atom stereocenters. The number of hydrogen-bond donors (Lipinski definition) is 1. The Morgan fingerprint density at radius 1 is 1.25 bits per heavy atom. The Hall–Kier alpha value is -0.910. The maximum absolute atomic E-state index is 12.6. The van der Waals surface area contributed by atoms with Crippen LogP contribution in [0.15, 0.2) is 29.2 Å². The van der Waals surface area contributed by atoms with E-state index >= 15 is 0 Å². The summed E-state index contributed by atoms with van der Waals surface area (Å²) in [5.41, 5.74) is 6.74. The Bertz CT molecular complexity index is 529. The minimum Gasteiger partial charge on any atom is -0.324 e. The van der Waals surface area contributed by atoms with E-state index in [2.05, 4.69) is 6.92 Å². The molecule has 5 heteroatoms. The first-order chi connectivity index (χ1) is 9.45. The maximum atomic E-state index is 12.6. The van der Waals surface area contributed by atoms with Crippen LogP contribution in [0.1, 0.15) is 44.7 Å². The van der Waals surface area contributed by atoms with Gasteiger partial charge in [0.15, 0.2) is 0 Å². The van der Waals surface area contributed by atoms with E-state index in [0.29, 0.717) is 23.9 Å². The van der Waals surface area contributed by atoms with Gasteiger partial charge < -0.3 is 5.73 Å². The molecule has 2 N–H and O–H groups in total. The van der Waals surface area contributed by atoms with Crippen LogP contribution in [0, 0.1) is 5.92 Å². The largest absolute Gasteiger partial charge is 0.324 e. The van der Waals surface area contributed by atoms with E-state index in [1.807, 2.05) is 6.92 Å². The molecular formula is C15H24N2O2S. The van der Waals surface area contributed by atoms with Crippen LogP contribution in [0.25, 0.3) is 0 Å². The first kappa shape index (κ1) is 15.5. The van der Waals surface area contributed by atoms with Gasteiger partial charge in [-0.25, -0.2) is 8.42 Å². The zero-order chi connectivity index (χ0) is 14.8. The number of benzene rings is 1. The third-order valence-electron chi connectivity index (χ3n) is 4.19. The van der Waals surface area contributed by atoms with Crippen molar-refractivity contribution < 1.29 is 8.42 Å². The zero-order valence-corrected chi connectivity index (χ0v) is 13.1. The van der Waals surface area contributed by atoms with Crippen LogP contribution in [0.4, 0.5) is 0 Å². The van der Waals surface area contributed by atoms with Gasteiger partial charge in [-0.3, -0.25) is 0 Å². The van der Waals surface area contributed by atoms with E-state index in [1.165, 1.54) is 0 Å². The minimum atomic E-state index is -3.34. The molecular weight excluding hydrogens is 272 g/mol. The maximum Gasteiger partial charge on any atom is 0.243 e. The number of sulfonamides is 1. The van der Waals surface area contributed by atoms with Crippen molar-refractivity contribution in [3.63, 3.8) is 0 Å². The van der Waals surface area contributed by atoms with Crippen LogP contribution in [-0.2, 0) is 10.0 Å². The van der Waals surface area contributed by atoms with Gasteiger partial charge in [-0.1, -0.05) is 25.5 Å². The van der Waals surface area contributed by atoms with Gasteiger partial charge >= 0.3 is 0 Å². The van der Waals surface area contributed by atoms with E-state index in [4.69, 9.17) is 5.73 Å². The molecule has 1 aromatic rings. The number of hydrogen-bond acceptors (Lipinski definition) is 3. The molecule has 0 spiro atoms. The van der Waals surface area contributed by atoms with E-state index in [1.54, 1.807) is 28.6 Å². The second-order valence-corrected chi connectivity index (χ2v) is 7.55. The standard InChI is InChI=1S/C15H24N2O2S/c1-3-13-8-10-17(11-9-13)20(18,19)15-6-4-14(5-7-15)12(2)16/h4-7,12-13H,3,8-11,16H2,1-2H3. The molecule has 1 heterocycles. The smallest absolute Gasteiger partial charge is 0.243 e. The van der Waals surface area contributed by atoms with Gasteiger partial charge in [-0.15, -0.1) is 0 Å². The molecule has 2 rings (SSSR count). The molecule has 0 bridgehead atoms. The summed E-state index contributed by atoms with van der Waals surface area (Å²) in [7, 11) is -3.34. The molecule has 1 saturated heterocycles. The molecule has 1 atom stereocenters. The molecule has 0 radical (unpaired) electrons. The Labute approximate surface area is 122 Å². The van der Waals surface area contributed by atoms with Gasteiger partial charge in [-0.2, -0.15) is 4.31 Å². The highest BCUT2D eigenvalue weighted by Crippen LogP contribution is 2.25. The highest BCUT2D eigenvalue weighted by atomic mass is 32.2. The summed E-state index contributed by atoms with van der Waals surface area (Å²) in [5, 5.41) is 0. The van der Waals surface area contributed by atoms with Crippen molar-refractivity contribution in [1.82, 2.24) is 4.31 Å². The fraction of sp³-hybridized carbons (Fsp3) is 0.600. The monoisotopic (exact) mass is 296 g/mol. The quantitative estimate of drug-likeness (QED) is 0.928. The summed E-state index contributed by atoms with van der Waals surface area (Å²) < 4.78 is 26.7. The lowest BCUT2D eigenvalue weighted by molar-refractivity contribution is 0.269. The van der Waals surface area contributed by atoms with Gasteiger partial charge in [0.05, 0.1) is 4.90 Å². The van der Waals surface area contributed by atoms with Crippen molar-refractivity contribution in [1.29, 1.82) is 0 Å². The second-order valence-electron chi connectivity index (χ2n) is 5.61. The number of nitrogens with zero attached hydrogens (tertiary/aromatic N) is 1. The lowest BCUT2D eigenvalue weighted by Gasteiger charge is -2.30. The summed E-state index contributed by atoms with van der Waals surface area (Å²) in [6.45, 7) is 5.33. The van der Waals surface area contributed by atoms with Crippen molar-refractivity contribution >= 4 is 10.0 Å². The predicted molar refractivity (Wildman–Crippen MR) is 80.8 cm³/mol. The Morgan fingerprint density at radius 3 is 2.25 bits per heavy atom. The zero-order valence-electron chi connectivity index (χ0n) is 12.2. The number of rotatable bonds is 4. The summed E-state index contributed by atoms with van der Waals surface area (Å²) in [6, 6.07) is 6.86. The molecule has 0 aliphatic carbocycles. The lowest BCUT2D eigenvalue weighted by atomic mass is 9.96. The van der Waals surface area contributed by atoms with E-state index in [-0.39, 0.29) is 6.04 Å². The van der Waals surface area contributed by atoms with Crippen LogP contribution >= 0.6 is 0 Å². The van der Waals surface area contributed by atoms with Crippen LogP contribution in [0.3, 0.4) is 0 Å². The van der Waals surface area contributed by atoms with Crippen molar-refractivity contribution in [2.45, 2.75) is 44.0 Å². The third kappa shape index (κ3) is 3.22. The Balaban J connectivity index is 2.14. The number of piperidine rings is 1. The van der Waals surface area contributed by atoms with Gasteiger partial charge in [0, 0.05) is 19.1 Å². The van der Waals surface area contributed by atoms with Gasteiger partial charge in [0.25, 0.3) is 0 Å². The fourth-order valence-corrected chi connectivity index (χ4v) is 4.12. The molecule has 4 nitrogen and oxygen atoms in total. The lowest BCUT2D eigenvalue weighted by Crippen LogP contribution is -2.38. The topological polar surface area (TPSA) is 63.4 Å². The van der Waals surface area contributed by atoms with Crippen molar-refractivity contribution in [2.75, 3.05) is 13.1 Å². The highest BCUT2D eigenvalue weighted by molar-refractivity contribution is 7.89. The van der Waals surface area contributed by atoms with Crippen LogP contribution in [0.5, 0.6) is 0 Å². The van der Waals surface area contributed by atoms with Crippen LogP contribution in [0.2, 0.25) is 0 Å². The molecule has 1 aliphatic heterocycles. The van der Waals surface area contributed by atoms with E-state index in [0.717, 1.165) is 24.8 Å². The van der Waals surface area contributed by atoms with Gasteiger partial charge in [0.1, 0.15) is 0 Å².